The summed E-state index contributed by atoms with van der Waals surface area (Å²) in [4.78, 5) is 39.3. The van der Waals surface area contributed by atoms with Gasteiger partial charge in [-0.3, -0.25) is 19.0 Å². The summed E-state index contributed by atoms with van der Waals surface area (Å²) in [6.45, 7) is 2.02. The van der Waals surface area contributed by atoms with Gasteiger partial charge in [0.15, 0.2) is 0 Å². The van der Waals surface area contributed by atoms with E-state index in [1.807, 2.05) is 0 Å². The van der Waals surface area contributed by atoms with Gasteiger partial charge in [-0.2, -0.15) is 0 Å². The Labute approximate surface area is 166 Å². The quantitative estimate of drug-likeness (QED) is 0.855. The van der Waals surface area contributed by atoms with E-state index in [0.29, 0.717) is 25.2 Å². The number of nitrogens with one attached hydrogen (secondary N) is 1. The van der Waals surface area contributed by atoms with Crippen LogP contribution in [-0.4, -0.2) is 34.4 Å². The standard InChI is InChI=1S/C21H21F2N3O3/c1-12(27)25-10-13-8-14(11-25)20(26-18(13)6-3-7-19(26)28)21(29)24-9-15-16(22)4-2-5-17(15)23/h2-7,13-14,20H,8-11H2,1H3,(H,24,29)/t13-,14+,20-/m1/s1. The Morgan fingerprint density at radius 2 is 1.79 bits per heavy atom. The summed E-state index contributed by atoms with van der Waals surface area (Å²) in [5.74, 6) is -2.34. The second-order valence-corrected chi connectivity index (χ2v) is 7.64. The van der Waals surface area contributed by atoms with Crippen molar-refractivity contribution in [2.45, 2.75) is 31.8 Å². The average Bonchev–Trinajstić information content (AvgIpc) is 2.68. The molecule has 0 saturated carbocycles. The van der Waals surface area contributed by atoms with Gasteiger partial charge in [-0.15, -0.1) is 0 Å². The van der Waals surface area contributed by atoms with Crippen LogP contribution in [0.15, 0.2) is 41.2 Å². The minimum absolute atomic E-state index is 0.0281. The van der Waals surface area contributed by atoms with Gasteiger partial charge in [-0.25, -0.2) is 8.78 Å². The second kappa shape index (κ2) is 7.42. The molecule has 1 fully saturated rings. The van der Waals surface area contributed by atoms with E-state index >= 15 is 0 Å². The van der Waals surface area contributed by atoms with Gasteiger partial charge in [0.25, 0.3) is 5.56 Å². The second-order valence-electron chi connectivity index (χ2n) is 7.64. The number of pyridine rings is 1. The van der Waals surface area contributed by atoms with E-state index in [4.69, 9.17) is 0 Å². The van der Waals surface area contributed by atoms with Crippen LogP contribution in [0, 0.1) is 17.6 Å². The maximum atomic E-state index is 13.9. The van der Waals surface area contributed by atoms with Gasteiger partial charge in [0, 0.05) is 55.7 Å². The van der Waals surface area contributed by atoms with Crippen molar-refractivity contribution in [3.63, 3.8) is 0 Å². The molecule has 3 heterocycles. The molecule has 1 N–H and O–H groups in total. The highest BCUT2D eigenvalue weighted by Gasteiger charge is 2.44. The summed E-state index contributed by atoms with van der Waals surface area (Å²) in [6.07, 6.45) is 0.666. The number of piperidine rings is 1. The Bertz CT molecular complexity index is 1020. The lowest BCUT2D eigenvalue weighted by atomic mass is 9.78. The van der Waals surface area contributed by atoms with Crippen molar-refractivity contribution in [3.8, 4) is 0 Å². The highest BCUT2D eigenvalue weighted by molar-refractivity contribution is 5.81. The number of carbonyl (C=O) groups is 2. The molecule has 3 atom stereocenters. The largest absolute Gasteiger partial charge is 0.350 e. The molecular formula is C21H21F2N3O3. The van der Waals surface area contributed by atoms with Crippen molar-refractivity contribution in [3.05, 3.63) is 69.6 Å². The van der Waals surface area contributed by atoms with Crippen LogP contribution >= 0.6 is 0 Å². The predicted molar refractivity (Wildman–Crippen MR) is 101 cm³/mol. The molecule has 6 nitrogen and oxygen atoms in total. The van der Waals surface area contributed by atoms with Crippen LogP contribution in [0.2, 0.25) is 0 Å². The highest BCUT2D eigenvalue weighted by Crippen LogP contribution is 2.41. The first-order chi connectivity index (χ1) is 13.9. The van der Waals surface area contributed by atoms with Crippen LogP contribution in [0.1, 0.15) is 36.6 Å². The number of carbonyl (C=O) groups excluding carboxylic acids is 2. The molecule has 29 heavy (non-hydrogen) atoms. The molecule has 152 valence electrons. The first-order valence-electron chi connectivity index (χ1n) is 9.54. The monoisotopic (exact) mass is 401 g/mol. The number of rotatable bonds is 3. The Balaban J connectivity index is 1.66. The molecule has 2 aliphatic rings. The zero-order chi connectivity index (χ0) is 20.7. The van der Waals surface area contributed by atoms with Gasteiger partial charge in [0.2, 0.25) is 11.8 Å². The van der Waals surface area contributed by atoms with Gasteiger partial charge < -0.3 is 10.2 Å². The summed E-state index contributed by atoms with van der Waals surface area (Å²) in [7, 11) is 0. The minimum Gasteiger partial charge on any atom is -0.350 e. The Hall–Kier alpha value is -3.03. The van der Waals surface area contributed by atoms with Crippen LogP contribution in [0.4, 0.5) is 8.78 Å². The van der Waals surface area contributed by atoms with Crippen LogP contribution in [0.3, 0.4) is 0 Å². The third-order valence-electron chi connectivity index (χ3n) is 5.86. The van der Waals surface area contributed by atoms with Crippen LogP contribution in [0.25, 0.3) is 0 Å². The third kappa shape index (κ3) is 3.43. The van der Waals surface area contributed by atoms with E-state index in [1.54, 1.807) is 17.0 Å². The molecule has 2 aromatic rings. The topological polar surface area (TPSA) is 71.4 Å². The van der Waals surface area contributed by atoms with Gasteiger partial charge in [0.1, 0.15) is 17.7 Å². The van der Waals surface area contributed by atoms with Crippen molar-refractivity contribution in [1.82, 2.24) is 14.8 Å². The lowest BCUT2D eigenvalue weighted by Gasteiger charge is -2.46. The highest BCUT2D eigenvalue weighted by atomic mass is 19.1. The SMILES string of the molecule is CC(=O)N1C[C@H]2C[C@@H](C1)[C@H](C(=O)NCc1c(F)cccc1F)n1c2cccc1=O. The molecule has 0 unspecified atom stereocenters. The summed E-state index contributed by atoms with van der Waals surface area (Å²) in [6, 6.07) is 7.50. The number of nitrogens with zero attached hydrogens (tertiary/aromatic N) is 2. The summed E-state index contributed by atoms with van der Waals surface area (Å²) in [5, 5.41) is 2.58. The molecular weight excluding hydrogens is 380 g/mol. The Morgan fingerprint density at radius 3 is 2.48 bits per heavy atom. The van der Waals surface area contributed by atoms with Gasteiger partial charge in [0.05, 0.1) is 0 Å². The number of aromatic nitrogens is 1. The number of likely N-dealkylation sites (tertiary alicyclic amines) is 1. The fraction of sp³-hybridized carbons (Fsp3) is 0.381. The minimum atomic E-state index is -0.841. The van der Waals surface area contributed by atoms with E-state index in [0.717, 1.165) is 12.1 Å². The summed E-state index contributed by atoms with van der Waals surface area (Å²) < 4.78 is 29.3. The average molecular weight is 401 g/mol. The summed E-state index contributed by atoms with van der Waals surface area (Å²) in [5.41, 5.74) is 0.173. The fourth-order valence-electron chi connectivity index (χ4n) is 4.51. The molecule has 8 heteroatoms. The van der Waals surface area contributed by atoms with Crippen molar-refractivity contribution in [2.75, 3.05) is 13.1 Å². The van der Waals surface area contributed by atoms with Crippen LogP contribution in [-0.2, 0) is 16.1 Å². The molecule has 0 radical (unpaired) electrons. The van der Waals surface area contributed by atoms with E-state index in [2.05, 4.69) is 5.32 Å². The van der Waals surface area contributed by atoms with E-state index in [1.165, 1.54) is 23.6 Å². The number of fused-ring (bicyclic) bond motifs is 4. The van der Waals surface area contributed by atoms with Gasteiger partial charge >= 0.3 is 0 Å². The molecule has 0 aliphatic carbocycles. The number of benzene rings is 1. The number of hydrogen-bond donors (Lipinski definition) is 1. The molecule has 0 spiro atoms. The lowest BCUT2D eigenvalue weighted by molar-refractivity contribution is -0.135. The number of hydrogen-bond acceptors (Lipinski definition) is 3. The molecule has 1 aromatic carbocycles. The van der Waals surface area contributed by atoms with Crippen molar-refractivity contribution >= 4 is 11.8 Å². The normalized spacial score (nSPS) is 22.7. The smallest absolute Gasteiger partial charge is 0.251 e. The fourth-order valence-corrected chi connectivity index (χ4v) is 4.51. The van der Waals surface area contributed by atoms with E-state index < -0.39 is 23.6 Å². The summed E-state index contributed by atoms with van der Waals surface area (Å²) >= 11 is 0. The Morgan fingerprint density at radius 1 is 1.10 bits per heavy atom. The Kier molecular flexibility index (Phi) is 4.94. The molecule has 1 aromatic heterocycles. The molecule has 4 rings (SSSR count). The first-order valence-corrected chi connectivity index (χ1v) is 9.54. The molecule has 1 saturated heterocycles. The van der Waals surface area contributed by atoms with Gasteiger partial charge in [-0.05, 0) is 24.6 Å². The van der Waals surface area contributed by atoms with Crippen LogP contribution in [0.5, 0.6) is 0 Å². The predicted octanol–water partition coefficient (Wildman–Crippen LogP) is 1.95. The van der Waals surface area contributed by atoms with E-state index in [-0.39, 0.29) is 35.4 Å². The maximum Gasteiger partial charge on any atom is 0.251 e. The molecule has 2 aliphatic heterocycles. The maximum absolute atomic E-state index is 13.9. The van der Waals surface area contributed by atoms with Gasteiger partial charge in [-0.1, -0.05) is 12.1 Å². The van der Waals surface area contributed by atoms with E-state index in [9.17, 15) is 23.2 Å². The molecule has 2 amide bonds. The van der Waals surface area contributed by atoms with Crippen molar-refractivity contribution < 1.29 is 18.4 Å². The number of amides is 2. The zero-order valence-electron chi connectivity index (χ0n) is 15.9. The van der Waals surface area contributed by atoms with Crippen molar-refractivity contribution in [2.24, 2.45) is 5.92 Å². The first kappa shape index (κ1) is 19.3. The number of halogens is 2. The zero-order valence-corrected chi connectivity index (χ0v) is 15.9. The van der Waals surface area contributed by atoms with Crippen LogP contribution < -0.4 is 10.9 Å². The third-order valence-corrected chi connectivity index (χ3v) is 5.86. The lowest BCUT2D eigenvalue weighted by Crippen LogP contribution is -2.54. The van der Waals surface area contributed by atoms with Crippen molar-refractivity contribution in [1.29, 1.82) is 0 Å². The molecule has 2 bridgehead atoms.